The molecule has 1 fully saturated rings. The average Bonchev–Trinajstić information content (AvgIpc) is 2.85. The normalized spacial score (nSPS) is 16.6. The average molecular weight is 289 g/mol. The van der Waals surface area contributed by atoms with Gasteiger partial charge in [0.1, 0.15) is 0 Å². The Hall–Kier alpha value is -1.84. The maximum Gasteiger partial charge on any atom is 0.305 e. The van der Waals surface area contributed by atoms with E-state index in [2.05, 4.69) is 5.32 Å². The SMILES string of the molecule is Cc1ccc(CCC(=O)NC2(CC(=O)O)CCCC2)cc1. The van der Waals surface area contributed by atoms with Gasteiger partial charge in [0.15, 0.2) is 0 Å². The standard InChI is InChI=1S/C17H23NO3/c1-13-4-6-14(7-5-13)8-9-15(19)18-17(12-16(20)21)10-2-3-11-17/h4-7H,2-3,8-12H2,1H3,(H,18,19)(H,20,21). The van der Waals surface area contributed by atoms with Gasteiger partial charge in [0, 0.05) is 6.42 Å². The molecule has 1 aliphatic carbocycles. The first-order chi connectivity index (χ1) is 9.99. The van der Waals surface area contributed by atoms with Gasteiger partial charge < -0.3 is 10.4 Å². The third-order valence-electron chi connectivity index (χ3n) is 4.22. The quantitative estimate of drug-likeness (QED) is 0.846. The Morgan fingerprint density at radius 1 is 1.19 bits per heavy atom. The van der Waals surface area contributed by atoms with Gasteiger partial charge in [-0.2, -0.15) is 0 Å². The molecule has 21 heavy (non-hydrogen) atoms. The number of amides is 1. The molecule has 0 unspecified atom stereocenters. The molecular weight excluding hydrogens is 266 g/mol. The third-order valence-corrected chi connectivity index (χ3v) is 4.22. The monoisotopic (exact) mass is 289 g/mol. The van der Waals surface area contributed by atoms with Crippen molar-refractivity contribution in [1.29, 1.82) is 0 Å². The molecule has 1 aliphatic rings. The van der Waals surface area contributed by atoms with Crippen molar-refractivity contribution in [1.82, 2.24) is 5.32 Å². The predicted octanol–water partition coefficient (Wildman–Crippen LogP) is 2.83. The lowest BCUT2D eigenvalue weighted by molar-refractivity contribution is -0.139. The van der Waals surface area contributed by atoms with Crippen LogP contribution in [0.25, 0.3) is 0 Å². The van der Waals surface area contributed by atoms with E-state index in [1.54, 1.807) is 0 Å². The molecule has 4 heteroatoms. The van der Waals surface area contributed by atoms with E-state index in [1.165, 1.54) is 5.56 Å². The van der Waals surface area contributed by atoms with Crippen molar-refractivity contribution in [2.45, 2.75) is 57.4 Å². The summed E-state index contributed by atoms with van der Waals surface area (Å²) in [5.41, 5.74) is 1.82. The summed E-state index contributed by atoms with van der Waals surface area (Å²) < 4.78 is 0. The van der Waals surface area contributed by atoms with E-state index in [0.717, 1.165) is 31.2 Å². The van der Waals surface area contributed by atoms with Crippen LogP contribution in [0.15, 0.2) is 24.3 Å². The van der Waals surface area contributed by atoms with Crippen molar-refractivity contribution in [3.8, 4) is 0 Å². The van der Waals surface area contributed by atoms with E-state index in [0.29, 0.717) is 12.8 Å². The molecule has 1 saturated carbocycles. The highest BCUT2D eigenvalue weighted by atomic mass is 16.4. The highest BCUT2D eigenvalue weighted by molar-refractivity contribution is 5.78. The summed E-state index contributed by atoms with van der Waals surface area (Å²) in [6.45, 7) is 2.03. The first-order valence-electron chi connectivity index (χ1n) is 7.57. The number of aliphatic carboxylic acids is 1. The summed E-state index contributed by atoms with van der Waals surface area (Å²) in [5, 5.41) is 12.0. The lowest BCUT2D eigenvalue weighted by Gasteiger charge is -2.28. The molecule has 1 amide bonds. The van der Waals surface area contributed by atoms with Crippen LogP contribution in [0.3, 0.4) is 0 Å². The molecule has 114 valence electrons. The molecule has 0 spiro atoms. The van der Waals surface area contributed by atoms with Crippen molar-refractivity contribution in [2.24, 2.45) is 0 Å². The van der Waals surface area contributed by atoms with Gasteiger partial charge in [-0.25, -0.2) is 0 Å². The molecule has 0 bridgehead atoms. The summed E-state index contributed by atoms with van der Waals surface area (Å²) in [7, 11) is 0. The molecule has 0 atom stereocenters. The van der Waals surface area contributed by atoms with Crippen LogP contribution < -0.4 is 5.32 Å². The van der Waals surface area contributed by atoms with Crippen LogP contribution >= 0.6 is 0 Å². The molecule has 0 heterocycles. The van der Waals surface area contributed by atoms with E-state index in [4.69, 9.17) is 5.11 Å². The van der Waals surface area contributed by atoms with Crippen molar-refractivity contribution in [3.05, 3.63) is 35.4 Å². The second-order valence-corrected chi connectivity index (χ2v) is 6.09. The minimum atomic E-state index is -0.837. The fourth-order valence-electron chi connectivity index (χ4n) is 3.06. The van der Waals surface area contributed by atoms with Crippen molar-refractivity contribution in [3.63, 3.8) is 0 Å². The lowest BCUT2D eigenvalue weighted by Crippen LogP contribution is -2.47. The molecule has 1 aromatic rings. The zero-order valence-electron chi connectivity index (χ0n) is 12.5. The minimum absolute atomic E-state index is 0.0310. The number of carboxylic acids is 1. The topological polar surface area (TPSA) is 66.4 Å². The fourth-order valence-corrected chi connectivity index (χ4v) is 3.06. The van der Waals surface area contributed by atoms with Gasteiger partial charge in [0.2, 0.25) is 5.91 Å². The fraction of sp³-hybridized carbons (Fsp3) is 0.529. The van der Waals surface area contributed by atoms with E-state index < -0.39 is 11.5 Å². The number of carbonyl (C=O) groups excluding carboxylic acids is 1. The minimum Gasteiger partial charge on any atom is -0.481 e. The molecule has 2 rings (SSSR count). The Balaban J connectivity index is 1.87. The van der Waals surface area contributed by atoms with Gasteiger partial charge in [0.05, 0.1) is 12.0 Å². The number of hydrogen-bond acceptors (Lipinski definition) is 2. The summed E-state index contributed by atoms with van der Waals surface area (Å²) in [4.78, 5) is 23.1. The van der Waals surface area contributed by atoms with Crippen LogP contribution in [0.4, 0.5) is 0 Å². The number of hydrogen-bond donors (Lipinski definition) is 2. The zero-order chi connectivity index (χ0) is 15.3. The highest BCUT2D eigenvalue weighted by Gasteiger charge is 2.37. The summed E-state index contributed by atoms with van der Waals surface area (Å²) in [6, 6.07) is 8.14. The molecular formula is C17H23NO3. The molecule has 0 aliphatic heterocycles. The second kappa shape index (κ2) is 6.74. The van der Waals surface area contributed by atoms with Gasteiger partial charge in [-0.05, 0) is 31.7 Å². The number of rotatable bonds is 6. The summed E-state index contributed by atoms with van der Waals surface area (Å²) in [6.07, 6.45) is 4.66. The highest BCUT2D eigenvalue weighted by Crippen LogP contribution is 2.32. The van der Waals surface area contributed by atoms with Crippen molar-refractivity contribution < 1.29 is 14.7 Å². The van der Waals surface area contributed by atoms with Gasteiger partial charge in [-0.15, -0.1) is 0 Å². The number of carboxylic acid groups (broad SMARTS) is 1. The van der Waals surface area contributed by atoms with E-state index in [-0.39, 0.29) is 12.3 Å². The van der Waals surface area contributed by atoms with Gasteiger partial charge in [-0.1, -0.05) is 42.7 Å². The third kappa shape index (κ3) is 4.59. The number of benzene rings is 1. The Bertz CT molecular complexity index is 501. The Labute approximate surface area is 125 Å². The smallest absolute Gasteiger partial charge is 0.305 e. The van der Waals surface area contributed by atoms with Crippen LogP contribution in [0.2, 0.25) is 0 Å². The van der Waals surface area contributed by atoms with Crippen LogP contribution in [0.5, 0.6) is 0 Å². The molecule has 0 radical (unpaired) electrons. The van der Waals surface area contributed by atoms with E-state index in [1.807, 2.05) is 31.2 Å². The Morgan fingerprint density at radius 3 is 2.38 bits per heavy atom. The van der Waals surface area contributed by atoms with E-state index in [9.17, 15) is 9.59 Å². The largest absolute Gasteiger partial charge is 0.481 e. The van der Waals surface area contributed by atoms with Crippen LogP contribution in [0.1, 0.15) is 49.7 Å². The molecule has 1 aromatic carbocycles. The summed E-state index contributed by atoms with van der Waals surface area (Å²) >= 11 is 0. The molecule has 2 N–H and O–H groups in total. The maximum absolute atomic E-state index is 12.1. The number of aryl methyl sites for hydroxylation is 2. The van der Waals surface area contributed by atoms with E-state index >= 15 is 0 Å². The van der Waals surface area contributed by atoms with Gasteiger partial charge in [-0.3, -0.25) is 9.59 Å². The second-order valence-electron chi connectivity index (χ2n) is 6.09. The van der Waals surface area contributed by atoms with Crippen molar-refractivity contribution in [2.75, 3.05) is 0 Å². The Morgan fingerprint density at radius 2 is 1.81 bits per heavy atom. The maximum atomic E-state index is 12.1. The number of nitrogens with one attached hydrogen (secondary N) is 1. The van der Waals surface area contributed by atoms with Crippen LogP contribution in [0, 0.1) is 6.92 Å². The van der Waals surface area contributed by atoms with Crippen LogP contribution in [-0.4, -0.2) is 22.5 Å². The predicted molar refractivity (Wildman–Crippen MR) is 81.1 cm³/mol. The first-order valence-corrected chi connectivity index (χ1v) is 7.57. The molecule has 4 nitrogen and oxygen atoms in total. The number of carbonyl (C=O) groups is 2. The van der Waals surface area contributed by atoms with Crippen LogP contribution in [-0.2, 0) is 16.0 Å². The van der Waals surface area contributed by atoms with Crippen molar-refractivity contribution >= 4 is 11.9 Å². The summed E-state index contributed by atoms with van der Waals surface area (Å²) in [5.74, 6) is -0.880. The Kier molecular flexibility index (Phi) is 4.99. The van der Waals surface area contributed by atoms with Gasteiger partial charge >= 0.3 is 5.97 Å². The molecule has 0 aromatic heterocycles. The first kappa shape index (κ1) is 15.5. The molecule has 0 saturated heterocycles. The van der Waals surface area contributed by atoms with Gasteiger partial charge in [0.25, 0.3) is 0 Å². The lowest BCUT2D eigenvalue weighted by atomic mass is 9.92. The zero-order valence-corrected chi connectivity index (χ0v) is 12.5.